The summed E-state index contributed by atoms with van der Waals surface area (Å²) in [6.07, 6.45) is 10.2. The zero-order chi connectivity index (χ0) is 11.0. The van der Waals surface area contributed by atoms with Crippen LogP contribution in [0.5, 0.6) is 0 Å². The van der Waals surface area contributed by atoms with E-state index in [1.165, 1.54) is 58.0 Å². The van der Waals surface area contributed by atoms with Gasteiger partial charge in [-0.05, 0) is 51.1 Å². The molecule has 2 bridgehead atoms. The highest BCUT2D eigenvalue weighted by molar-refractivity contribution is 4.95. The maximum Gasteiger partial charge on any atom is 0.0125 e. The van der Waals surface area contributed by atoms with Crippen molar-refractivity contribution in [2.75, 3.05) is 13.1 Å². The highest BCUT2D eigenvalue weighted by Crippen LogP contribution is 2.34. The Labute approximate surface area is 99.8 Å². The van der Waals surface area contributed by atoms with Crippen LogP contribution in [0.1, 0.15) is 51.9 Å². The lowest BCUT2D eigenvalue weighted by molar-refractivity contribution is 0.144. The molecular formula is C14H26N2. The monoisotopic (exact) mass is 222 g/mol. The van der Waals surface area contributed by atoms with Crippen LogP contribution in [-0.2, 0) is 0 Å². The van der Waals surface area contributed by atoms with Crippen LogP contribution in [0.15, 0.2) is 0 Å². The van der Waals surface area contributed by atoms with Gasteiger partial charge in [0.2, 0.25) is 0 Å². The van der Waals surface area contributed by atoms with E-state index in [1.807, 2.05) is 0 Å². The number of nitrogens with one attached hydrogen (secondary N) is 1. The second-order valence-electron chi connectivity index (χ2n) is 6.12. The Kier molecular flexibility index (Phi) is 3.21. The zero-order valence-corrected chi connectivity index (χ0v) is 10.6. The van der Waals surface area contributed by atoms with Gasteiger partial charge in [-0.2, -0.15) is 0 Å². The molecule has 1 aliphatic carbocycles. The van der Waals surface area contributed by atoms with Crippen LogP contribution in [0.25, 0.3) is 0 Å². The van der Waals surface area contributed by atoms with Crippen molar-refractivity contribution >= 4 is 0 Å². The minimum absolute atomic E-state index is 0.846. The largest absolute Gasteiger partial charge is 0.311 e. The average Bonchev–Trinajstić information content (AvgIpc) is 3.06. The quantitative estimate of drug-likeness (QED) is 0.768. The summed E-state index contributed by atoms with van der Waals surface area (Å²) in [6.45, 7) is 4.97. The van der Waals surface area contributed by atoms with Crippen molar-refractivity contribution in [1.82, 2.24) is 10.2 Å². The summed E-state index contributed by atoms with van der Waals surface area (Å²) in [5.74, 6) is 1.09. The first-order valence-electron chi connectivity index (χ1n) is 7.35. The predicted octanol–water partition coefficient (Wildman–Crippen LogP) is 2.39. The third-order valence-electron chi connectivity index (χ3n) is 4.89. The lowest BCUT2D eigenvalue weighted by Gasteiger charge is -2.37. The van der Waals surface area contributed by atoms with Gasteiger partial charge in [-0.15, -0.1) is 0 Å². The first-order valence-corrected chi connectivity index (χ1v) is 7.35. The fraction of sp³-hybridized carbons (Fsp3) is 1.00. The molecule has 2 heteroatoms. The summed E-state index contributed by atoms with van der Waals surface area (Å²) >= 11 is 0. The van der Waals surface area contributed by atoms with Gasteiger partial charge in [-0.25, -0.2) is 0 Å². The summed E-state index contributed by atoms with van der Waals surface area (Å²) in [4.78, 5) is 2.77. The number of hydrogen-bond acceptors (Lipinski definition) is 2. The van der Waals surface area contributed by atoms with E-state index in [9.17, 15) is 0 Å². The van der Waals surface area contributed by atoms with Gasteiger partial charge in [0.1, 0.15) is 0 Å². The molecule has 0 aromatic rings. The molecule has 3 rings (SSSR count). The Hall–Kier alpha value is -0.0800. The Morgan fingerprint density at radius 3 is 2.31 bits per heavy atom. The number of fused-ring (bicyclic) bond motifs is 2. The molecule has 2 saturated heterocycles. The van der Waals surface area contributed by atoms with E-state index in [0.29, 0.717) is 0 Å². The molecule has 3 fully saturated rings. The molecular weight excluding hydrogens is 196 g/mol. The van der Waals surface area contributed by atoms with Crippen molar-refractivity contribution in [2.24, 2.45) is 5.92 Å². The van der Waals surface area contributed by atoms with Crippen LogP contribution in [0.2, 0.25) is 0 Å². The molecule has 2 unspecified atom stereocenters. The molecule has 92 valence electrons. The van der Waals surface area contributed by atoms with Gasteiger partial charge < -0.3 is 10.2 Å². The molecule has 1 N–H and O–H groups in total. The highest BCUT2D eigenvalue weighted by Gasteiger charge is 2.35. The minimum atomic E-state index is 0.846. The molecule has 2 aliphatic heterocycles. The molecule has 2 nitrogen and oxygen atoms in total. The molecule has 0 aromatic carbocycles. The number of nitrogens with zero attached hydrogens (tertiary/aromatic N) is 1. The Morgan fingerprint density at radius 2 is 1.75 bits per heavy atom. The van der Waals surface area contributed by atoms with Crippen molar-refractivity contribution in [3.63, 3.8) is 0 Å². The smallest absolute Gasteiger partial charge is 0.0125 e. The van der Waals surface area contributed by atoms with Crippen molar-refractivity contribution < 1.29 is 0 Å². The van der Waals surface area contributed by atoms with E-state index in [0.717, 1.165) is 24.0 Å². The molecule has 0 spiro atoms. The number of rotatable bonds is 5. The van der Waals surface area contributed by atoms with E-state index in [1.54, 1.807) is 0 Å². The molecule has 0 aromatic heterocycles. The maximum atomic E-state index is 3.75. The fourth-order valence-corrected chi connectivity index (χ4v) is 3.68. The first-order chi connectivity index (χ1) is 7.85. The van der Waals surface area contributed by atoms with E-state index in [-0.39, 0.29) is 0 Å². The van der Waals surface area contributed by atoms with Crippen LogP contribution < -0.4 is 5.32 Å². The average molecular weight is 222 g/mol. The fourth-order valence-electron chi connectivity index (χ4n) is 3.68. The second kappa shape index (κ2) is 4.66. The molecule has 3 aliphatic rings. The third kappa shape index (κ3) is 2.43. The topological polar surface area (TPSA) is 15.3 Å². The SMILES string of the molecule is CCN(CCC1CC1)C1CC2CCC(C1)N2. The molecule has 2 atom stereocenters. The molecule has 2 heterocycles. The number of piperidine rings is 1. The van der Waals surface area contributed by atoms with Crippen LogP contribution in [0.4, 0.5) is 0 Å². The lowest BCUT2D eigenvalue weighted by Crippen LogP contribution is -2.48. The highest BCUT2D eigenvalue weighted by atomic mass is 15.2. The van der Waals surface area contributed by atoms with Crippen molar-refractivity contribution in [3.05, 3.63) is 0 Å². The second-order valence-corrected chi connectivity index (χ2v) is 6.12. The molecule has 0 radical (unpaired) electrons. The van der Waals surface area contributed by atoms with Gasteiger partial charge >= 0.3 is 0 Å². The van der Waals surface area contributed by atoms with E-state index < -0.39 is 0 Å². The Morgan fingerprint density at radius 1 is 1.06 bits per heavy atom. The normalized spacial score (nSPS) is 38.2. The van der Waals surface area contributed by atoms with Gasteiger partial charge in [0.15, 0.2) is 0 Å². The van der Waals surface area contributed by atoms with E-state index in [2.05, 4.69) is 17.1 Å². The zero-order valence-electron chi connectivity index (χ0n) is 10.6. The molecule has 0 amide bonds. The first kappa shape index (κ1) is 11.0. The van der Waals surface area contributed by atoms with Crippen molar-refractivity contribution in [2.45, 2.75) is 70.0 Å². The van der Waals surface area contributed by atoms with Crippen LogP contribution in [0.3, 0.4) is 0 Å². The molecule has 1 saturated carbocycles. The van der Waals surface area contributed by atoms with Gasteiger partial charge in [0, 0.05) is 18.1 Å². The standard InChI is InChI=1S/C14H26N2/c1-2-16(8-7-11-3-4-11)14-9-12-5-6-13(10-14)15-12/h11-15H,2-10H2,1H3. The summed E-state index contributed by atoms with van der Waals surface area (Å²) in [7, 11) is 0. The Bertz CT molecular complexity index is 225. The Balaban J connectivity index is 1.52. The van der Waals surface area contributed by atoms with Gasteiger partial charge in [-0.1, -0.05) is 19.8 Å². The minimum Gasteiger partial charge on any atom is -0.311 e. The summed E-state index contributed by atoms with van der Waals surface area (Å²) in [5.41, 5.74) is 0. The predicted molar refractivity (Wildman–Crippen MR) is 67.6 cm³/mol. The van der Waals surface area contributed by atoms with Crippen molar-refractivity contribution in [1.29, 1.82) is 0 Å². The van der Waals surface area contributed by atoms with Crippen LogP contribution >= 0.6 is 0 Å². The lowest BCUT2D eigenvalue weighted by atomic mass is 9.98. The van der Waals surface area contributed by atoms with E-state index in [4.69, 9.17) is 0 Å². The van der Waals surface area contributed by atoms with Crippen molar-refractivity contribution in [3.8, 4) is 0 Å². The molecule has 16 heavy (non-hydrogen) atoms. The summed E-state index contributed by atoms with van der Waals surface area (Å²) < 4.78 is 0. The number of hydrogen-bond donors (Lipinski definition) is 1. The van der Waals surface area contributed by atoms with Crippen LogP contribution in [0, 0.1) is 5.92 Å². The summed E-state index contributed by atoms with van der Waals surface area (Å²) in [6, 6.07) is 2.58. The van der Waals surface area contributed by atoms with E-state index >= 15 is 0 Å². The third-order valence-corrected chi connectivity index (χ3v) is 4.89. The van der Waals surface area contributed by atoms with Crippen LogP contribution in [-0.4, -0.2) is 36.1 Å². The van der Waals surface area contributed by atoms with Gasteiger partial charge in [0.05, 0.1) is 0 Å². The van der Waals surface area contributed by atoms with Gasteiger partial charge in [-0.3, -0.25) is 0 Å². The van der Waals surface area contributed by atoms with Gasteiger partial charge in [0.25, 0.3) is 0 Å². The summed E-state index contributed by atoms with van der Waals surface area (Å²) in [5, 5.41) is 3.75. The maximum absolute atomic E-state index is 3.75.